The van der Waals surface area contributed by atoms with Crippen LogP contribution < -0.4 is 4.74 Å². The molecule has 2 unspecified atom stereocenters. The minimum atomic E-state index is 0.135. The molecule has 2 aromatic rings. The first-order chi connectivity index (χ1) is 11.6. The molecule has 0 N–H and O–H groups in total. The third-order valence-electron chi connectivity index (χ3n) is 4.62. The Bertz CT molecular complexity index is 675. The fourth-order valence-corrected chi connectivity index (χ4v) is 2.86. The van der Waals surface area contributed by atoms with Crippen molar-refractivity contribution in [2.45, 2.75) is 44.9 Å². The third kappa shape index (κ3) is 4.06. The van der Waals surface area contributed by atoms with Crippen molar-refractivity contribution in [3.05, 3.63) is 48.7 Å². The summed E-state index contributed by atoms with van der Waals surface area (Å²) in [6, 6.07) is 10.8. The number of nitrogens with zero attached hydrogens (tertiary/aromatic N) is 3. The van der Waals surface area contributed by atoms with Crippen molar-refractivity contribution >= 4 is 0 Å². The first-order valence-electron chi connectivity index (χ1n) is 8.76. The summed E-state index contributed by atoms with van der Waals surface area (Å²) in [6.07, 6.45) is 10.0. The Labute approximate surface area is 144 Å². The highest BCUT2D eigenvalue weighted by atomic mass is 16.5. The highest BCUT2D eigenvalue weighted by Crippen LogP contribution is 2.30. The number of hydrogen-bond acceptors (Lipinski definition) is 3. The lowest BCUT2D eigenvalue weighted by molar-refractivity contribution is 0.216. The van der Waals surface area contributed by atoms with Crippen LogP contribution in [0.2, 0.25) is 0 Å². The smallest absolute Gasteiger partial charge is 0.241 e. The van der Waals surface area contributed by atoms with Gasteiger partial charge in [-0.3, -0.25) is 4.68 Å². The molecule has 1 aliphatic carbocycles. The molecule has 0 aliphatic heterocycles. The van der Waals surface area contributed by atoms with E-state index in [-0.39, 0.29) is 6.10 Å². The molecule has 128 valence electrons. The topological polar surface area (TPSA) is 30.3 Å². The van der Waals surface area contributed by atoms with Gasteiger partial charge < -0.3 is 9.64 Å². The lowest BCUT2D eigenvalue weighted by atomic mass is 10.1. The van der Waals surface area contributed by atoms with E-state index in [4.69, 9.17) is 9.84 Å². The maximum atomic E-state index is 6.23. The lowest BCUT2D eigenvalue weighted by Crippen LogP contribution is -2.29. The summed E-state index contributed by atoms with van der Waals surface area (Å²) in [7, 11) is 4.19. The zero-order valence-corrected chi connectivity index (χ0v) is 14.9. The predicted molar refractivity (Wildman–Crippen MR) is 98.2 cm³/mol. The Morgan fingerprint density at radius 3 is 2.75 bits per heavy atom. The summed E-state index contributed by atoms with van der Waals surface area (Å²) in [5.41, 5.74) is 2.22. The van der Waals surface area contributed by atoms with Gasteiger partial charge in [0, 0.05) is 12.2 Å². The van der Waals surface area contributed by atoms with Crippen molar-refractivity contribution in [3.63, 3.8) is 0 Å². The van der Waals surface area contributed by atoms with Crippen LogP contribution >= 0.6 is 0 Å². The summed E-state index contributed by atoms with van der Waals surface area (Å²) in [4.78, 5) is 2.20. The Hall–Kier alpha value is -2.07. The summed E-state index contributed by atoms with van der Waals surface area (Å²) < 4.78 is 8.24. The largest absolute Gasteiger partial charge is 0.469 e. The Kier molecular flexibility index (Phi) is 5.36. The van der Waals surface area contributed by atoms with Crippen molar-refractivity contribution < 1.29 is 4.74 Å². The van der Waals surface area contributed by atoms with Crippen molar-refractivity contribution in [2.75, 3.05) is 14.1 Å². The first kappa shape index (κ1) is 16.8. The average molecular weight is 325 g/mol. The molecular formula is C20H27N3O. The SMILES string of the molecule is CC(Cn1cc(-c2ccccc2)c(OC2C=CCCC2)n1)N(C)C. The number of aromatic nitrogens is 2. The average Bonchev–Trinajstić information content (AvgIpc) is 2.98. The van der Waals surface area contributed by atoms with Crippen molar-refractivity contribution in [1.29, 1.82) is 0 Å². The van der Waals surface area contributed by atoms with Gasteiger partial charge in [0.25, 0.3) is 0 Å². The highest BCUT2D eigenvalue weighted by Gasteiger charge is 2.18. The highest BCUT2D eigenvalue weighted by molar-refractivity contribution is 5.67. The van der Waals surface area contributed by atoms with E-state index in [1.54, 1.807) is 0 Å². The molecule has 0 saturated carbocycles. The van der Waals surface area contributed by atoms with Crippen LogP contribution in [0.1, 0.15) is 26.2 Å². The summed E-state index contributed by atoms with van der Waals surface area (Å²) >= 11 is 0. The van der Waals surface area contributed by atoms with Crippen LogP contribution in [0.25, 0.3) is 11.1 Å². The van der Waals surface area contributed by atoms with Gasteiger partial charge >= 0.3 is 0 Å². The van der Waals surface area contributed by atoms with E-state index in [0.29, 0.717) is 6.04 Å². The van der Waals surface area contributed by atoms with Crippen LogP contribution in [0.15, 0.2) is 48.7 Å². The van der Waals surface area contributed by atoms with E-state index in [9.17, 15) is 0 Å². The molecule has 1 heterocycles. The molecular weight excluding hydrogens is 298 g/mol. The summed E-state index contributed by atoms with van der Waals surface area (Å²) in [5, 5.41) is 4.74. The Morgan fingerprint density at radius 2 is 2.08 bits per heavy atom. The van der Waals surface area contributed by atoms with Crippen molar-refractivity contribution in [3.8, 4) is 17.0 Å². The molecule has 2 atom stereocenters. The monoisotopic (exact) mass is 325 g/mol. The number of likely N-dealkylation sites (N-methyl/N-ethyl adjacent to an activating group) is 1. The summed E-state index contributed by atoms with van der Waals surface area (Å²) in [6.45, 7) is 3.05. The van der Waals surface area contributed by atoms with Crippen LogP contribution in [-0.4, -0.2) is 40.9 Å². The van der Waals surface area contributed by atoms with Gasteiger partial charge in [-0.15, -0.1) is 5.10 Å². The molecule has 4 nitrogen and oxygen atoms in total. The molecule has 4 heteroatoms. The molecule has 0 amide bonds. The fraction of sp³-hybridized carbons (Fsp3) is 0.450. The maximum absolute atomic E-state index is 6.23. The van der Waals surface area contributed by atoms with E-state index in [1.165, 1.54) is 6.42 Å². The molecule has 0 saturated heterocycles. The second-order valence-electron chi connectivity index (χ2n) is 6.76. The molecule has 1 aliphatic rings. The van der Waals surface area contributed by atoms with Gasteiger partial charge in [-0.2, -0.15) is 0 Å². The molecule has 0 fully saturated rings. The Morgan fingerprint density at radius 1 is 1.29 bits per heavy atom. The number of rotatable bonds is 6. The number of allylic oxidation sites excluding steroid dienone is 1. The van der Waals surface area contributed by atoms with Gasteiger partial charge in [-0.25, -0.2) is 0 Å². The molecule has 0 spiro atoms. The molecule has 1 aromatic heterocycles. The van der Waals surface area contributed by atoms with E-state index in [2.05, 4.69) is 68.5 Å². The predicted octanol–water partition coefficient (Wildman–Crippen LogP) is 3.99. The van der Waals surface area contributed by atoms with Gasteiger partial charge in [-0.05, 0) is 51.9 Å². The third-order valence-corrected chi connectivity index (χ3v) is 4.62. The number of hydrogen-bond donors (Lipinski definition) is 0. The second-order valence-corrected chi connectivity index (χ2v) is 6.76. The number of ether oxygens (including phenoxy) is 1. The first-order valence-corrected chi connectivity index (χ1v) is 8.76. The zero-order chi connectivity index (χ0) is 16.9. The van der Waals surface area contributed by atoms with Crippen molar-refractivity contribution in [1.82, 2.24) is 14.7 Å². The van der Waals surface area contributed by atoms with Crippen LogP contribution in [0.4, 0.5) is 0 Å². The molecule has 0 radical (unpaired) electrons. The zero-order valence-electron chi connectivity index (χ0n) is 14.9. The van der Waals surface area contributed by atoms with E-state index >= 15 is 0 Å². The van der Waals surface area contributed by atoms with E-state index in [0.717, 1.165) is 36.4 Å². The van der Waals surface area contributed by atoms with Crippen molar-refractivity contribution in [2.24, 2.45) is 0 Å². The molecule has 3 rings (SSSR count). The fourth-order valence-electron chi connectivity index (χ4n) is 2.86. The van der Waals surface area contributed by atoms with Gasteiger partial charge in [0.05, 0.1) is 12.1 Å². The molecule has 1 aromatic carbocycles. The Balaban J connectivity index is 1.87. The van der Waals surface area contributed by atoms with Crippen LogP contribution in [0.3, 0.4) is 0 Å². The van der Waals surface area contributed by atoms with E-state index < -0.39 is 0 Å². The van der Waals surface area contributed by atoms with Crippen LogP contribution in [-0.2, 0) is 6.54 Å². The van der Waals surface area contributed by atoms with Gasteiger partial charge in [0.1, 0.15) is 6.10 Å². The minimum Gasteiger partial charge on any atom is -0.469 e. The number of benzene rings is 1. The second kappa shape index (κ2) is 7.67. The normalized spacial score (nSPS) is 18.8. The van der Waals surface area contributed by atoms with Gasteiger partial charge in [0.2, 0.25) is 5.88 Å². The standard InChI is InChI=1S/C20H27N3O/c1-16(22(2)3)14-23-15-19(17-10-6-4-7-11-17)20(21-23)24-18-12-8-5-9-13-18/h4,6-8,10-12,15-16,18H,5,9,13-14H2,1-3H3. The lowest BCUT2D eigenvalue weighted by Gasteiger charge is -2.19. The van der Waals surface area contributed by atoms with Crippen LogP contribution in [0, 0.1) is 0 Å². The van der Waals surface area contributed by atoms with Gasteiger partial charge in [0.15, 0.2) is 0 Å². The van der Waals surface area contributed by atoms with Gasteiger partial charge in [-0.1, -0.05) is 36.4 Å². The van der Waals surface area contributed by atoms with E-state index in [1.807, 2.05) is 10.7 Å². The quantitative estimate of drug-likeness (QED) is 0.752. The summed E-state index contributed by atoms with van der Waals surface area (Å²) in [5.74, 6) is 0.740. The maximum Gasteiger partial charge on any atom is 0.241 e. The minimum absolute atomic E-state index is 0.135. The molecule has 0 bridgehead atoms. The van der Waals surface area contributed by atoms with Crippen LogP contribution in [0.5, 0.6) is 5.88 Å². The molecule has 24 heavy (non-hydrogen) atoms.